The van der Waals surface area contributed by atoms with Crippen LogP contribution in [0.4, 0.5) is 0 Å². The first kappa shape index (κ1) is 20.7. The van der Waals surface area contributed by atoms with Gasteiger partial charge in [-0.05, 0) is 104 Å². The fourth-order valence-corrected chi connectivity index (χ4v) is 8.71. The smallest absolute Gasteiger partial charge is 0.303 e. The van der Waals surface area contributed by atoms with E-state index in [9.17, 15) is 15.0 Å². The van der Waals surface area contributed by atoms with E-state index in [2.05, 4.69) is 20.8 Å². The van der Waals surface area contributed by atoms with Crippen LogP contribution in [0.25, 0.3) is 0 Å². The van der Waals surface area contributed by atoms with E-state index in [4.69, 9.17) is 5.11 Å². The fourth-order valence-electron chi connectivity index (χ4n) is 8.71. The number of rotatable bonds is 4. The van der Waals surface area contributed by atoms with Crippen molar-refractivity contribution in [1.29, 1.82) is 0 Å². The quantitative estimate of drug-likeness (QED) is 0.659. The topological polar surface area (TPSA) is 77.8 Å². The Kier molecular flexibility index (Phi) is 5.36. The van der Waals surface area contributed by atoms with Crippen LogP contribution in [-0.2, 0) is 4.79 Å². The number of aliphatic hydroxyl groups is 2. The average molecular weight is 393 g/mol. The molecule has 4 saturated carbocycles. The molecule has 4 heteroatoms. The summed E-state index contributed by atoms with van der Waals surface area (Å²) in [6.45, 7) is 6.99. The van der Waals surface area contributed by atoms with E-state index in [1.54, 1.807) is 0 Å². The molecule has 0 aromatic carbocycles. The molecule has 4 nitrogen and oxygen atoms in total. The first-order valence-electron chi connectivity index (χ1n) is 11.8. The Morgan fingerprint density at radius 1 is 1.04 bits per heavy atom. The van der Waals surface area contributed by atoms with Gasteiger partial charge in [-0.3, -0.25) is 4.79 Å². The van der Waals surface area contributed by atoms with Crippen LogP contribution in [0.1, 0.15) is 85.0 Å². The molecular weight excluding hydrogens is 352 g/mol. The number of aliphatic carboxylic acids is 1. The van der Waals surface area contributed by atoms with Crippen molar-refractivity contribution in [2.75, 3.05) is 0 Å². The predicted octanol–water partition coefficient (Wildman–Crippen LogP) is 4.48. The minimum atomic E-state index is -0.707. The summed E-state index contributed by atoms with van der Waals surface area (Å²) in [5.74, 6) is 2.55. The maximum absolute atomic E-state index is 11.5. The van der Waals surface area contributed by atoms with Crippen LogP contribution >= 0.6 is 0 Å². The molecule has 0 aromatic rings. The number of carboxylic acid groups (broad SMARTS) is 1. The Morgan fingerprint density at radius 3 is 2.50 bits per heavy atom. The van der Waals surface area contributed by atoms with Crippen molar-refractivity contribution >= 4 is 5.97 Å². The lowest BCUT2D eigenvalue weighted by Crippen LogP contribution is -2.58. The highest BCUT2D eigenvalue weighted by Gasteiger charge is 2.63. The highest BCUT2D eigenvalue weighted by Crippen LogP contribution is 2.68. The fraction of sp³-hybridized carbons (Fsp3) is 0.958. The largest absolute Gasteiger partial charge is 0.481 e. The molecule has 0 bridgehead atoms. The highest BCUT2D eigenvalue weighted by molar-refractivity contribution is 5.66. The molecule has 0 aliphatic heterocycles. The van der Waals surface area contributed by atoms with Gasteiger partial charge in [-0.25, -0.2) is 0 Å². The maximum atomic E-state index is 11.5. The first-order chi connectivity index (χ1) is 13.2. The molecule has 0 spiro atoms. The van der Waals surface area contributed by atoms with Crippen molar-refractivity contribution in [1.82, 2.24) is 0 Å². The maximum Gasteiger partial charge on any atom is 0.303 e. The zero-order valence-corrected chi connectivity index (χ0v) is 17.9. The third-order valence-corrected chi connectivity index (χ3v) is 10.3. The van der Waals surface area contributed by atoms with E-state index in [0.717, 1.165) is 38.5 Å². The second kappa shape index (κ2) is 7.27. The summed E-state index contributed by atoms with van der Waals surface area (Å²) in [6.07, 6.45) is 9.26. The Balaban J connectivity index is 1.56. The molecule has 0 heterocycles. The summed E-state index contributed by atoms with van der Waals surface area (Å²) in [4.78, 5) is 11.1. The molecule has 0 amide bonds. The van der Waals surface area contributed by atoms with Gasteiger partial charge in [0.1, 0.15) is 0 Å². The molecule has 4 aliphatic carbocycles. The Bertz CT molecular complexity index is 605. The molecule has 3 N–H and O–H groups in total. The first-order valence-corrected chi connectivity index (χ1v) is 11.8. The second-order valence-electron chi connectivity index (χ2n) is 11.3. The van der Waals surface area contributed by atoms with Crippen LogP contribution in [0.2, 0.25) is 0 Å². The van der Waals surface area contributed by atoms with Crippen LogP contribution in [0.5, 0.6) is 0 Å². The zero-order chi connectivity index (χ0) is 20.3. The zero-order valence-electron chi connectivity index (χ0n) is 17.9. The third-order valence-electron chi connectivity index (χ3n) is 10.3. The van der Waals surface area contributed by atoms with Crippen LogP contribution < -0.4 is 0 Å². The lowest BCUT2D eigenvalue weighted by Gasteiger charge is -2.62. The number of fused-ring (bicyclic) bond motifs is 5. The van der Waals surface area contributed by atoms with Gasteiger partial charge in [0.05, 0.1) is 12.2 Å². The van der Waals surface area contributed by atoms with Gasteiger partial charge in [-0.15, -0.1) is 0 Å². The van der Waals surface area contributed by atoms with Crippen LogP contribution in [0.15, 0.2) is 0 Å². The van der Waals surface area contributed by atoms with E-state index in [0.29, 0.717) is 35.5 Å². The molecule has 0 aromatic heterocycles. The highest BCUT2D eigenvalue weighted by atomic mass is 16.4. The van der Waals surface area contributed by atoms with E-state index < -0.39 is 5.97 Å². The van der Waals surface area contributed by atoms with Gasteiger partial charge in [0.15, 0.2) is 0 Å². The van der Waals surface area contributed by atoms with Gasteiger partial charge in [-0.1, -0.05) is 20.8 Å². The van der Waals surface area contributed by atoms with E-state index in [1.165, 1.54) is 19.3 Å². The average Bonchev–Trinajstić information content (AvgIpc) is 3.00. The second-order valence-corrected chi connectivity index (χ2v) is 11.3. The molecule has 28 heavy (non-hydrogen) atoms. The molecule has 4 aliphatic rings. The standard InChI is InChI=1S/C24H40O4/c1-14(4-9-22(27)28)18-7-8-19-17-6-5-15-12-16(25)10-11-23(15,2)20(17)13-21(26)24(18,19)3/h14-21,25-26H,4-13H2,1-3H3,(H,27,28)/t14?,15-,16-,17+,18?,19+,20+,21+,23+,24?/m1/s1. The lowest BCUT2D eigenvalue weighted by molar-refractivity contribution is -0.175. The summed E-state index contributed by atoms with van der Waals surface area (Å²) in [7, 11) is 0. The van der Waals surface area contributed by atoms with Gasteiger partial charge >= 0.3 is 5.97 Å². The van der Waals surface area contributed by atoms with Gasteiger partial charge in [0, 0.05) is 6.42 Å². The SMILES string of the molecule is CC(CCC(=O)O)C1CC[C@H]2[C@@H]3CC[C@@H]4C[C@H](O)CC[C@]4(C)[C@H]3C[C@H](O)C12C. The molecule has 10 atom stereocenters. The predicted molar refractivity (Wildman–Crippen MR) is 109 cm³/mol. The minimum absolute atomic E-state index is 0.0591. The number of carboxylic acids is 1. The third kappa shape index (κ3) is 3.05. The van der Waals surface area contributed by atoms with Crippen LogP contribution in [0, 0.1) is 46.3 Å². The number of hydrogen-bond acceptors (Lipinski definition) is 3. The molecule has 160 valence electrons. The number of aliphatic hydroxyl groups excluding tert-OH is 2. The van der Waals surface area contributed by atoms with Crippen molar-refractivity contribution in [3.8, 4) is 0 Å². The molecular formula is C24H40O4. The van der Waals surface area contributed by atoms with E-state index in [1.807, 2.05) is 0 Å². The van der Waals surface area contributed by atoms with Crippen molar-refractivity contribution in [3.63, 3.8) is 0 Å². The summed E-state index contributed by atoms with van der Waals surface area (Å²) in [6, 6.07) is 0. The van der Waals surface area contributed by atoms with Gasteiger partial charge < -0.3 is 15.3 Å². The number of hydrogen-bond donors (Lipinski definition) is 3. The summed E-state index contributed by atoms with van der Waals surface area (Å²) >= 11 is 0. The monoisotopic (exact) mass is 392 g/mol. The Labute approximate surface area is 170 Å². The van der Waals surface area contributed by atoms with Crippen molar-refractivity contribution in [2.45, 2.75) is 97.2 Å². The summed E-state index contributed by atoms with van der Waals surface area (Å²) in [5, 5.41) is 30.8. The minimum Gasteiger partial charge on any atom is -0.481 e. The van der Waals surface area contributed by atoms with Crippen molar-refractivity contribution in [3.05, 3.63) is 0 Å². The summed E-state index contributed by atoms with van der Waals surface area (Å²) < 4.78 is 0. The van der Waals surface area contributed by atoms with Crippen LogP contribution in [0.3, 0.4) is 0 Å². The van der Waals surface area contributed by atoms with Gasteiger partial charge in [0.2, 0.25) is 0 Å². The molecule has 3 unspecified atom stereocenters. The molecule has 0 saturated heterocycles. The number of carbonyl (C=O) groups is 1. The normalized spacial score (nSPS) is 51.7. The molecule has 0 radical (unpaired) electrons. The Hall–Kier alpha value is -0.610. The lowest BCUT2D eigenvalue weighted by atomic mass is 9.43. The van der Waals surface area contributed by atoms with Gasteiger partial charge in [-0.2, -0.15) is 0 Å². The summed E-state index contributed by atoms with van der Waals surface area (Å²) in [5.41, 5.74) is 0.216. The van der Waals surface area contributed by atoms with Crippen LogP contribution in [-0.4, -0.2) is 33.5 Å². The Morgan fingerprint density at radius 2 is 1.79 bits per heavy atom. The van der Waals surface area contributed by atoms with Crippen molar-refractivity contribution < 1.29 is 20.1 Å². The van der Waals surface area contributed by atoms with Crippen molar-refractivity contribution in [2.24, 2.45) is 46.3 Å². The molecule has 4 rings (SSSR count). The van der Waals surface area contributed by atoms with E-state index in [-0.39, 0.29) is 29.5 Å². The molecule has 4 fully saturated rings. The van der Waals surface area contributed by atoms with E-state index >= 15 is 0 Å². The van der Waals surface area contributed by atoms with Gasteiger partial charge in [0.25, 0.3) is 0 Å².